The van der Waals surface area contributed by atoms with E-state index in [1.54, 1.807) is 30.3 Å². The lowest BCUT2D eigenvalue weighted by Gasteiger charge is -2.42. The van der Waals surface area contributed by atoms with Crippen molar-refractivity contribution in [3.63, 3.8) is 0 Å². The fraction of sp³-hybridized carbons (Fsp3) is 0.444. The average Bonchev–Trinajstić information content (AvgIpc) is 2.87. The summed E-state index contributed by atoms with van der Waals surface area (Å²) in [7, 11) is 0. The Hall–Kier alpha value is -2.92. The molecule has 0 radical (unpaired) electrons. The Balaban J connectivity index is 1.42. The number of carbonyl (C=O) groups excluding carboxylic acids is 2. The number of halogens is 1. The van der Waals surface area contributed by atoms with Crippen molar-refractivity contribution in [2.75, 3.05) is 38.2 Å². The van der Waals surface area contributed by atoms with Crippen molar-refractivity contribution in [2.24, 2.45) is 5.92 Å². The molecule has 0 aliphatic carbocycles. The molecule has 0 saturated carbocycles. The molecule has 8 heteroatoms. The number of benzene rings is 2. The number of nitrogens with one attached hydrogen (secondary N) is 1. The van der Waals surface area contributed by atoms with Crippen molar-refractivity contribution in [1.82, 2.24) is 9.80 Å². The molecule has 1 atom stereocenters. The van der Waals surface area contributed by atoms with Crippen LogP contribution in [0.3, 0.4) is 0 Å². The van der Waals surface area contributed by atoms with Gasteiger partial charge >= 0.3 is 0 Å². The van der Waals surface area contributed by atoms with Crippen molar-refractivity contribution in [3.05, 3.63) is 63.7 Å². The summed E-state index contributed by atoms with van der Waals surface area (Å²) in [5.41, 5.74) is 3.50. The summed E-state index contributed by atoms with van der Waals surface area (Å²) in [6.45, 7) is 8.37. The summed E-state index contributed by atoms with van der Waals surface area (Å²) < 4.78 is 5.41. The van der Waals surface area contributed by atoms with Crippen LogP contribution < -0.4 is 5.32 Å². The first kappa shape index (κ1) is 25.2. The van der Waals surface area contributed by atoms with Crippen LogP contribution in [0.5, 0.6) is 0 Å². The summed E-state index contributed by atoms with van der Waals surface area (Å²) in [4.78, 5) is 30.2. The molecule has 1 unspecified atom stereocenters. The molecule has 2 fully saturated rings. The molecular weight excluding hydrogens is 464 g/mol. The van der Waals surface area contributed by atoms with E-state index in [0.29, 0.717) is 48.1 Å². The predicted octanol–water partition coefficient (Wildman–Crippen LogP) is 4.23. The van der Waals surface area contributed by atoms with Gasteiger partial charge in [0.15, 0.2) is 0 Å². The van der Waals surface area contributed by atoms with Crippen LogP contribution in [-0.4, -0.2) is 60.5 Å². The molecule has 2 aromatic carbocycles. The number of nitrogens with zero attached hydrogens (tertiary/aromatic N) is 3. The van der Waals surface area contributed by atoms with Gasteiger partial charge in [-0.3, -0.25) is 14.5 Å². The number of nitriles is 1. The molecule has 2 amide bonds. The van der Waals surface area contributed by atoms with Crippen LogP contribution in [0.25, 0.3) is 0 Å². The summed E-state index contributed by atoms with van der Waals surface area (Å²) in [5, 5.41) is 12.6. The molecule has 2 heterocycles. The average molecular weight is 495 g/mol. The molecule has 0 aromatic heterocycles. The van der Waals surface area contributed by atoms with Crippen LogP contribution in [0.2, 0.25) is 5.02 Å². The van der Waals surface area contributed by atoms with Gasteiger partial charge in [-0.15, -0.1) is 0 Å². The van der Waals surface area contributed by atoms with Gasteiger partial charge in [0.2, 0.25) is 5.91 Å². The normalized spacial score (nSPS) is 19.3. The lowest BCUT2D eigenvalue weighted by atomic mass is 9.97. The van der Waals surface area contributed by atoms with Crippen LogP contribution in [0.15, 0.2) is 36.4 Å². The molecule has 2 aliphatic heterocycles. The molecule has 2 aliphatic rings. The second kappa shape index (κ2) is 11.2. The fourth-order valence-electron chi connectivity index (χ4n) is 4.88. The van der Waals surface area contributed by atoms with E-state index in [-0.39, 0.29) is 23.8 Å². The van der Waals surface area contributed by atoms with Gasteiger partial charge in [0.1, 0.15) is 0 Å². The minimum atomic E-state index is -0.285. The smallest absolute Gasteiger partial charge is 0.255 e. The van der Waals surface area contributed by atoms with E-state index in [1.807, 2.05) is 17.9 Å². The number of carbonyl (C=O) groups is 2. The van der Waals surface area contributed by atoms with Crippen LogP contribution in [-0.2, 0) is 16.1 Å². The predicted molar refractivity (Wildman–Crippen MR) is 135 cm³/mol. The second-order valence-electron chi connectivity index (χ2n) is 9.39. The fourth-order valence-corrected chi connectivity index (χ4v) is 5.12. The van der Waals surface area contributed by atoms with Gasteiger partial charge in [0, 0.05) is 67.6 Å². The summed E-state index contributed by atoms with van der Waals surface area (Å²) in [6.07, 6.45) is 1.62. The van der Waals surface area contributed by atoms with E-state index in [0.717, 1.165) is 37.1 Å². The zero-order valence-electron chi connectivity index (χ0n) is 20.2. The van der Waals surface area contributed by atoms with Gasteiger partial charge in [-0.2, -0.15) is 5.26 Å². The number of hydrogen-bond donors (Lipinski definition) is 1. The largest absolute Gasteiger partial charge is 0.381 e. The molecule has 1 N–H and O–H groups in total. The van der Waals surface area contributed by atoms with Gasteiger partial charge in [-0.05, 0) is 68.1 Å². The van der Waals surface area contributed by atoms with Crippen molar-refractivity contribution in [1.29, 1.82) is 5.26 Å². The third-order valence-corrected chi connectivity index (χ3v) is 7.16. The molecule has 0 spiro atoms. The van der Waals surface area contributed by atoms with Gasteiger partial charge in [0.25, 0.3) is 5.91 Å². The Bertz CT molecular complexity index is 1140. The topological polar surface area (TPSA) is 85.7 Å². The number of anilines is 1. The van der Waals surface area contributed by atoms with Crippen LogP contribution >= 0.6 is 11.6 Å². The van der Waals surface area contributed by atoms with E-state index in [1.165, 1.54) is 0 Å². The van der Waals surface area contributed by atoms with Crippen LogP contribution in [0, 0.1) is 24.2 Å². The van der Waals surface area contributed by atoms with Gasteiger partial charge in [-0.25, -0.2) is 0 Å². The summed E-state index contributed by atoms with van der Waals surface area (Å²) in [5.74, 6) is 0.0464. The molecule has 7 nitrogen and oxygen atoms in total. The number of rotatable bonds is 5. The highest BCUT2D eigenvalue weighted by atomic mass is 35.5. The van der Waals surface area contributed by atoms with E-state index in [9.17, 15) is 9.59 Å². The zero-order chi connectivity index (χ0) is 24.9. The Morgan fingerprint density at radius 3 is 2.69 bits per heavy atom. The molecule has 2 saturated heterocycles. The number of ether oxygens (including phenoxy) is 1. The van der Waals surface area contributed by atoms with E-state index in [2.05, 4.69) is 23.2 Å². The summed E-state index contributed by atoms with van der Waals surface area (Å²) >= 11 is 6.42. The van der Waals surface area contributed by atoms with E-state index < -0.39 is 0 Å². The summed E-state index contributed by atoms with van der Waals surface area (Å²) in [6, 6.07) is 12.5. The second-order valence-corrected chi connectivity index (χ2v) is 9.82. The first-order valence-electron chi connectivity index (χ1n) is 12.1. The van der Waals surface area contributed by atoms with Crippen LogP contribution in [0.1, 0.15) is 46.8 Å². The molecule has 184 valence electrons. The Labute approximate surface area is 211 Å². The van der Waals surface area contributed by atoms with Gasteiger partial charge in [-0.1, -0.05) is 17.7 Å². The molecule has 0 bridgehead atoms. The lowest BCUT2D eigenvalue weighted by Crippen LogP contribution is -2.55. The zero-order valence-corrected chi connectivity index (χ0v) is 21.0. The number of piperazine rings is 1. The number of amides is 2. The van der Waals surface area contributed by atoms with Gasteiger partial charge < -0.3 is 15.0 Å². The Kier molecular flexibility index (Phi) is 8.07. The SMILES string of the molecule is Cc1c(CN2CCN(C(=O)C3CCOCC3)C(C)C2)cc(Cl)cc1NC(=O)c1cccc(C#N)c1. The lowest BCUT2D eigenvalue weighted by molar-refractivity contribution is -0.143. The minimum Gasteiger partial charge on any atom is -0.381 e. The van der Waals surface area contributed by atoms with Gasteiger partial charge in [0.05, 0.1) is 11.6 Å². The van der Waals surface area contributed by atoms with Crippen molar-refractivity contribution in [2.45, 2.75) is 39.3 Å². The molecule has 35 heavy (non-hydrogen) atoms. The van der Waals surface area contributed by atoms with Crippen molar-refractivity contribution < 1.29 is 14.3 Å². The molecule has 2 aromatic rings. The highest BCUT2D eigenvalue weighted by molar-refractivity contribution is 6.31. The number of hydrogen-bond acceptors (Lipinski definition) is 5. The standard InChI is InChI=1S/C27H31ClN4O3/c1-18-16-31(8-9-32(18)27(34)21-6-10-35-11-7-21)17-23-13-24(28)14-25(19(23)2)30-26(33)22-5-3-4-20(12-22)15-29/h3-5,12-14,18,21H,6-11,16-17H2,1-2H3,(H,30,33). The quantitative estimate of drug-likeness (QED) is 0.672. The van der Waals surface area contributed by atoms with E-state index >= 15 is 0 Å². The highest BCUT2D eigenvalue weighted by Gasteiger charge is 2.32. The maximum Gasteiger partial charge on any atom is 0.255 e. The van der Waals surface area contributed by atoms with Crippen LogP contribution in [0.4, 0.5) is 5.69 Å². The monoisotopic (exact) mass is 494 g/mol. The molecular formula is C27H31ClN4O3. The van der Waals surface area contributed by atoms with E-state index in [4.69, 9.17) is 21.6 Å². The van der Waals surface area contributed by atoms with Crippen molar-refractivity contribution in [3.8, 4) is 6.07 Å². The Morgan fingerprint density at radius 1 is 1.20 bits per heavy atom. The minimum absolute atomic E-state index is 0.0768. The molecule has 4 rings (SSSR count). The third-order valence-electron chi connectivity index (χ3n) is 6.94. The third kappa shape index (κ3) is 6.02. The maximum absolute atomic E-state index is 13.0. The Morgan fingerprint density at radius 2 is 1.97 bits per heavy atom. The highest BCUT2D eigenvalue weighted by Crippen LogP contribution is 2.28. The first-order chi connectivity index (χ1) is 16.9. The van der Waals surface area contributed by atoms with Crippen molar-refractivity contribution >= 4 is 29.1 Å². The maximum atomic E-state index is 13.0. The first-order valence-corrected chi connectivity index (χ1v) is 12.4.